The third-order valence-corrected chi connectivity index (χ3v) is 2.60. The van der Waals surface area contributed by atoms with Gasteiger partial charge in [-0.25, -0.2) is 0 Å². The minimum absolute atomic E-state index is 0.363. The number of ether oxygens (including phenoxy) is 1. The van der Waals surface area contributed by atoms with Gasteiger partial charge in [-0.05, 0) is 40.2 Å². The largest absolute Gasteiger partial charge is 0.383 e. The van der Waals surface area contributed by atoms with E-state index in [0.29, 0.717) is 12.6 Å². The summed E-state index contributed by atoms with van der Waals surface area (Å²) in [5, 5.41) is 0. The van der Waals surface area contributed by atoms with Crippen LogP contribution >= 0.6 is 0 Å². The van der Waals surface area contributed by atoms with E-state index in [1.54, 1.807) is 7.11 Å². The Morgan fingerprint density at radius 2 is 1.93 bits per heavy atom. The Balaban J connectivity index is 3.86. The maximum Gasteiger partial charge on any atom is 0.0630 e. The van der Waals surface area contributed by atoms with Crippen LogP contribution in [-0.4, -0.2) is 69.8 Å². The first-order valence-corrected chi connectivity index (χ1v) is 5.73. The summed E-state index contributed by atoms with van der Waals surface area (Å²) in [6, 6.07) is 0.363. The number of rotatable bonds is 9. The van der Waals surface area contributed by atoms with Crippen molar-refractivity contribution >= 4 is 0 Å². The molecule has 0 amide bonds. The van der Waals surface area contributed by atoms with E-state index in [1.807, 2.05) is 0 Å². The molecular formula is C11H27N3O. The first-order valence-electron chi connectivity index (χ1n) is 5.73. The summed E-state index contributed by atoms with van der Waals surface area (Å²) in [5.41, 5.74) is 5.73. The van der Waals surface area contributed by atoms with Crippen LogP contribution in [-0.2, 0) is 4.74 Å². The van der Waals surface area contributed by atoms with Crippen molar-refractivity contribution in [3.8, 4) is 0 Å². The van der Waals surface area contributed by atoms with E-state index in [2.05, 4.69) is 30.8 Å². The standard InChI is InChI=1S/C11H27N3O/c1-5-14(8-6-7-13(2)3)11(9-12)10-15-4/h11H,5-10,12H2,1-4H3. The minimum atomic E-state index is 0.363. The van der Waals surface area contributed by atoms with Gasteiger partial charge in [-0.3, -0.25) is 4.90 Å². The molecule has 0 bridgehead atoms. The highest BCUT2D eigenvalue weighted by molar-refractivity contribution is 4.71. The van der Waals surface area contributed by atoms with Gasteiger partial charge in [0.15, 0.2) is 0 Å². The molecule has 4 heteroatoms. The van der Waals surface area contributed by atoms with Gasteiger partial charge in [-0.1, -0.05) is 6.92 Å². The lowest BCUT2D eigenvalue weighted by Crippen LogP contribution is -2.44. The summed E-state index contributed by atoms with van der Waals surface area (Å²) in [6.07, 6.45) is 1.18. The molecule has 2 N–H and O–H groups in total. The zero-order chi connectivity index (χ0) is 11.7. The molecule has 0 radical (unpaired) electrons. The van der Waals surface area contributed by atoms with Gasteiger partial charge in [-0.2, -0.15) is 0 Å². The van der Waals surface area contributed by atoms with Gasteiger partial charge < -0.3 is 15.4 Å². The van der Waals surface area contributed by atoms with Crippen LogP contribution in [0.4, 0.5) is 0 Å². The molecule has 0 aliphatic rings. The first kappa shape index (κ1) is 14.8. The number of nitrogens with two attached hydrogens (primary N) is 1. The smallest absolute Gasteiger partial charge is 0.0630 e. The summed E-state index contributed by atoms with van der Waals surface area (Å²) >= 11 is 0. The fourth-order valence-corrected chi connectivity index (χ4v) is 1.70. The van der Waals surface area contributed by atoms with Crippen molar-refractivity contribution in [3.63, 3.8) is 0 Å². The van der Waals surface area contributed by atoms with E-state index in [9.17, 15) is 0 Å². The van der Waals surface area contributed by atoms with Crippen molar-refractivity contribution < 1.29 is 4.74 Å². The van der Waals surface area contributed by atoms with Gasteiger partial charge in [0.05, 0.1) is 6.61 Å². The van der Waals surface area contributed by atoms with E-state index in [1.165, 1.54) is 6.42 Å². The molecule has 0 fully saturated rings. The number of methoxy groups -OCH3 is 1. The molecule has 0 saturated carbocycles. The Morgan fingerprint density at radius 3 is 2.33 bits per heavy atom. The van der Waals surface area contributed by atoms with Crippen LogP contribution in [0.5, 0.6) is 0 Å². The molecular weight excluding hydrogens is 190 g/mol. The van der Waals surface area contributed by atoms with E-state index >= 15 is 0 Å². The van der Waals surface area contributed by atoms with Gasteiger partial charge in [0.25, 0.3) is 0 Å². The lowest BCUT2D eigenvalue weighted by Gasteiger charge is -2.29. The Morgan fingerprint density at radius 1 is 1.27 bits per heavy atom. The predicted molar refractivity (Wildman–Crippen MR) is 65.1 cm³/mol. The summed E-state index contributed by atoms with van der Waals surface area (Å²) < 4.78 is 5.17. The molecule has 0 aromatic heterocycles. The monoisotopic (exact) mass is 217 g/mol. The van der Waals surface area contributed by atoms with Crippen molar-refractivity contribution in [2.75, 3.05) is 54.0 Å². The highest BCUT2D eigenvalue weighted by atomic mass is 16.5. The molecule has 0 saturated heterocycles. The lowest BCUT2D eigenvalue weighted by atomic mass is 10.2. The van der Waals surface area contributed by atoms with Gasteiger partial charge in [0, 0.05) is 19.7 Å². The van der Waals surface area contributed by atoms with Crippen LogP contribution in [0.3, 0.4) is 0 Å². The normalized spacial score (nSPS) is 13.8. The fraction of sp³-hybridized carbons (Fsp3) is 1.00. The van der Waals surface area contributed by atoms with E-state index in [0.717, 1.165) is 26.2 Å². The maximum atomic E-state index is 5.73. The zero-order valence-electron chi connectivity index (χ0n) is 10.7. The second kappa shape index (κ2) is 9.09. The Labute approximate surface area is 94.4 Å². The SMILES string of the molecule is CCN(CCCN(C)C)C(CN)COC. The summed E-state index contributed by atoms with van der Waals surface area (Å²) in [6.45, 7) is 6.84. The molecule has 1 unspecified atom stereocenters. The molecule has 0 aromatic carbocycles. The molecule has 4 nitrogen and oxygen atoms in total. The minimum Gasteiger partial charge on any atom is -0.383 e. The second-order valence-electron chi connectivity index (χ2n) is 4.13. The first-order chi connectivity index (χ1) is 7.15. The summed E-state index contributed by atoms with van der Waals surface area (Å²) in [4.78, 5) is 4.61. The average molecular weight is 217 g/mol. The Hall–Kier alpha value is -0.160. The summed E-state index contributed by atoms with van der Waals surface area (Å²) in [7, 11) is 5.94. The van der Waals surface area contributed by atoms with E-state index in [-0.39, 0.29) is 0 Å². The van der Waals surface area contributed by atoms with Gasteiger partial charge in [0.1, 0.15) is 0 Å². The quantitative estimate of drug-likeness (QED) is 0.600. The number of nitrogens with zero attached hydrogens (tertiary/aromatic N) is 2. The molecule has 15 heavy (non-hydrogen) atoms. The molecule has 0 spiro atoms. The van der Waals surface area contributed by atoms with Crippen LogP contribution in [0.25, 0.3) is 0 Å². The third kappa shape index (κ3) is 6.84. The molecule has 0 aliphatic heterocycles. The number of hydrogen-bond acceptors (Lipinski definition) is 4. The van der Waals surface area contributed by atoms with Crippen LogP contribution in [0, 0.1) is 0 Å². The van der Waals surface area contributed by atoms with Gasteiger partial charge in [-0.15, -0.1) is 0 Å². The molecule has 0 aliphatic carbocycles. The van der Waals surface area contributed by atoms with Crippen LogP contribution in [0.1, 0.15) is 13.3 Å². The fourth-order valence-electron chi connectivity index (χ4n) is 1.70. The zero-order valence-corrected chi connectivity index (χ0v) is 10.7. The molecule has 92 valence electrons. The van der Waals surface area contributed by atoms with Crippen molar-refractivity contribution in [2.45, 2.75) is 19.4 Å². The van der Waals surface area contributed by atoms with E-state index < -0.39 is 0 Å². The molecule has 1 atom stereocenters. The Kier molecular flexibility index (Phi) is 9.00. The van der Waals surface area contributed by atoms with Crippen LogP contribution in [0.2, 0.25) is 0 Å². The van der Waals surface area contributed by atoms with Crippen molar-refractivity contribution in [3.05, 3.63) is 0 Å². The molecule has 0 aromatic rings. The Bertz CT molecular complexity index is 142. The van der Waals surface area contributed by atoms with E-state index in [4.69, 9.17) is 10.5 Å². The summed E-state index contributed by atoms with van der Waals surface area (Å²) in [5.74, 6) is 0. The van der Waals surface area contributed by atoms with Crippen molar-refractivity contribution in [1.82, 2.24) is 9.80 Å². The highest BCUT2D eigenvalue weighted by Crippen LogP contribution is 2.00. The highest BCUT2D eigenvalue weighted by Gasteiger charge is 2.14. The topological polar surface area (TPSA) is 41.7 Å². The molecule has 0 rings (SSSR count). The van der Waals surface area contributed by atoms with Crippen molar-refractivity contribution in [1.29, 1.82) is 0 Å². The van der Waals surface area contributed by atoms with Crippen LogP contribution in [0.15, 0.2) is 0 Å². The number of likely N-dealkylation sites (N-methyl/N-ethyl adjacent to an activating group) is 1. The van der Waals surface area contributed by atoms with Gasteiger partial charge in [0.2, 0.25) is 0 Å². The molecule has 0 heterocycles. The predicted octanol–water partition coefficient (Wildman–Crippen LogP) is 0.234. The van der Waals surface area contributed by atoms with Gasteiger partial charge >= 0.3 is 0 Å². The second-order valence-corrected chi connectivity index (χ2v) is 4.13. The number of hydrogen-bond donors (Lipinski definition) is 1. The lowest BCUT2D eigenvalue weighted by molar-refractivity contribution is 0.0950. The van der Waals surface area contributed by atoms with Crippen LogP contribution < -0.4 is 5.73 Å². The average Bonchev–Trinajstić information content (AvgIpc) is 2.21. The maximum absolute atomic E-state index is 5.73. The van der Waals surface area contributed by atoms with Crippen molar-refractivity contribution in [2.24, 2.45) is 5.73 Å². The third-order valence-electron chi connectivity index (χ3n) is 2.60.